The Morgan fingerprint density at radius 2 is 2.03 bits per heavy atom. The molecular weight excluding hydrogens is 605 g/mol. The van der Waals surface area contributed by atoms with Gasteiger partial charge in [0.2, 0.25) is 0 Å². The van der Waals surface area contributed by atoms with Crippen molar-refractivity contribution in [2.45, 2.75) is 36.9 Å². The molecule has 5 rings (SSSR count). The van der Waals surface area contributed by atoms with Crippen molar-refractivity contribution in [1.29, 1.82) is 0 Å². The number of benzene rings is 1. The molecule has 2 unspecified atom stereocenters. The van der Waals surface area contributed by atoms with E-state index < -0.39 is 0 Å². The summed E-state index contributed by atoms with van der Waals surface area (Å²) in [5, 5.41) is 7.94. The molecule has 2 N–H and O–H groups in total. The van der Waals surface area contributed by atoms with Crippen LogP contribution in [0.2, 0.25) is 0 Å². The number of alkyl halides is 1. The molecule has 3 aromatic rings. The first-order valence-corrected chi connectivity index (χ1v) is 14.3. The Morgan fingerprint density at radius 3 is 2.73 bits per heavy atom. The van der Waals surface area contributed by atoms with Gasteiger partial charge in [0.15, 0.2) is 10.8 Å². The maximum atomic E-state index is 13.0. The monoisotopic (exact) mass is 633 g/mol. The quantitative estimate of drug-likeness (QED) is 0.249. The number of anilines is 2. The molecule has 2 aliphatic rings. The van der Waals surface area contributed by atoms with E-state index in [1.54, 1.807) is 6.20 Å². The molecule has 2 aliphatic heterocycles. The Labute approximate surface area is 233 Å². The number of thiazole rings is 1. The number of hydrogen-bond acceptors (Lipinski definition) is 8. The Hall–Kier alpha value is -2.84. The summed E-state index contributed by atoms with van der Waals surface area (Å²) >= 11 is 3.48. The number of carbonyl (C=O) groups excluding carboxylic acids is 2. The third-order valence-electron chi connectivity index (χ3n) is 6.32. The summed E-state index contributed by atoms with van der Waals surface area (Å²) in [6.45, 7) is 7.07. The molecule has 0 spiro atoms. The Balaban J connectivity index is 1.46. The number of rotatable bonds is 5. The van der Waals surface area contributed by atoms with Crippen LogP contribution in [-0.2, 0) is 17.7 Å². The van der Waals surface area contributed by atoms with Crippen LogP contribution >= 0.6 is 33.9 Å². The molecule has 194 valence electrons. The molecular formula is C25H28IN7O3S. The summed E-state index contributed by atoms with van der Waals surface area (Å²) in [5.41, 5.74) is 3.45. The van der Waals surface area contributed by atoms with Gasteiger partial charge in [-0.1, -0.05) is 22.6 Å². The highest BCUT2D eigenvalue weighted by molar-refractivity contribution is 14.1. The number of morpholine rings is 1. The lowest BCUT2D eigenvalue weighted by Crippen LogP contribution is -2.45. The van der Waals surface area contributed by atoms with Crippen molar-refractivity contribution >= 4 is 57.4 Å². The second kappa shape index (κ2) is 11.3. The molecule has 2 atom stereocenters. The van der Waals surface area contributed by atoms with Gasteiger partial charge in [-0.05, 0) is 44.5 Å². The van der Waals surface area contributed by atoms with E-state index in [9.17, 15) is 9.59 Å². The molecule has 12 heteroatoms. The van der Waals surface area contributed by atoms with E-state index in [-0.39, 0.29) is 22.0 Å². The standard InChI is InChI=1S/C25H28IN7O3S/c1-15-14-36-11-10-33(15)22-19-7-9-32(24(34)23-27-8-12-37-23)13-20(19)30-21(31-22)17-3-5-18(6-4-17)29-25(35)28-16(2)26/h3-6,8,12,15-16H,7,9-11,13-14H2,1-2H3,(H2,28,29,35). The van der Waals surface area contributed by atoms with Crippen LogP contribution in [0.1, 0.15) is 34.9 Å². The van der Waals surface area contributed by atoms with Crippen molar-refractivity contribution in [3.8, 4) is 11.4 Å². The average Bonchev–Trinajstić information content (AvgIpc) is 3.43. The van der Waals surface area contributed by atoms with Crippen molar-refractivity contribution in [1.82, 2.24) is 25.2 Å². The number of nitrogens with one attached hydrogen (secondary N) is 2. The maximum Gasteiger partial charge on any atom is 0.320 e. The lowest BCUT2D eigenvalue weighted by atomic mass is 10.0. The average molecular weight is 634 g/mol. The van der Waals surface area contributed by atoms with Crippen molar-refractivity contribution in [2.24, 2.45) is 0 Å². The van der Waals surface area contributed by atoms with Crippen LogP contribution in [0.4, 0.5) is 16.3 Å². The van der Waals surface area contributed by atoms with Crippen LogP contribution in [0.15, 0.2) is 35.8 Å². The molecule has 0 bridgehead atoms. The third kappa shape index (κ3) is 5.85. The second-order valence-electron chi connectivity index (χ2n) is 9.02. The summed E-state index contributed by atoms with van der Waals surface area (Å²) in [4.78, 5) is 43.3. The summed E-state index contributed by atoms with van der Waals surface area (Å²) in [6, 6.07) is 7.40. The van der Waals surface area contributed by atoms with Crippen molar-refractivity contribution in [3.05, 3.63) is 52.1 Å². The largest absolute Gasteiger partial charge is 0.377 e. The number of amides is 3. The lowest BCUT2D eigenvalue weighted by molar-refractivity contribution is 0.0731. The minimum atomic E-state index is -0.256. The van der Waals surface area contributed by atoms with Crippen molar-refractivity contribution < 1.29 is 14.3 Å². The first-order valence-electron chi connectivity index (χ1n) is 12.1. The lowest BCUT2D eigenvalue weighted by Gasteiger charge is -2.37. The Bertz CT molecular complexity index is 1270. The predicted octanol–water partition coefficient (Wildman–Crippen LogP) is 3.93. The van der Waals surface area contributed by atoms with Gasteiger partial charge < -0.3 is 25.2 Å². The minimum absolute atomic E-state index is 0.0174. The maximum absolute atomic E-state index is 13.0. The second-order valence-corrected chi connectivity index (χ2v) is 11.8. The van der Waals surface area contributed by atoms with Gasteiger partial charge in [-0.3, -0.25) is 4.79 Å². The van der Waals surface area contributed by atoms with Crippen LogP contribution in [0.5, 0.6) is 0 Å². The highest BCUT2D eigenvalue weighted by atomic mass is 127. The molecule has 4 heterocycles. The normalized spacial score (nSPS) is 18.2. The van der Waals surface area contributed by atoms with Crippen molar-refractivity contribution in [3.63, 3.8) is 0 Å². The van der Waals surface area contributed by atoms with Gasteiger partial charge in [0.05, 0.1) is 35.5 Å². The first-order chi connectivity index (χ1) is 17.9. The van der Waals surface area contributed by atoms with E-state index in [1.165, 1.54) is 11.3 Å². The van der Waals surface area contributed by atoms with Crippen LogP contribution < -0.4 is 15.5 Å². The number of urea groups is 1. The summed E-state index contributed by atoms with van der Waals surface area (Å²) in [6.07, 6.45) is 2.33. The summed E-state index contributed by atoms with van der Waals surface area (Å²) < 4.78 is 5.68. The molecule has 1 saturated heterocycles. The molecule has 10 nitrogen and oxygen atoms in total. The fourth-order valence-electron chi connectivity index (χ4n) is 4.51. The van der Waals surface area contributed by atoms with Gasteiger partial charge >= 0.3 is 6.03 Å². The number of hydrogen-bond donors (Lipinski definition) is 2. The number of halogens is 1. The number of ether oxygens (including phenoxy) is 1. The zero-order valence-electron chi connectivity index (χ0n) is 20.6. The molecule has 37 heavy (non-hydrogen) atoms. The molecule has 1 aromatic carbocycles. The molecule has 0 radical (unpaired) electrons. The van der Waals surface area contributed by atoms with Crippen molar-refractivity contribution in [2.75, 3.05) is 36.5 Å². The molecule has 0 saturated carbocycles. The van der Waals surface area contributed by atoms with E-state index in [0.717, 1.165) is 29.2 Å². The Morgan fingerprint density at radius 1 is 1.22 bits per heavy atom. The van der Waals surface area contributed by atoms with E-state index in [2.05, 4.69) is 50.0 Å². The van der Waals surface area contributed by atoms with Gasteiger partial charge in [0.1, 0.15) is 5.82 Å². The van der Waals surface area contributed by atoms with Crippen LogP contribution in [0, 0.1) is 0 Å². The zero-order chi connectivity index (χ0) is 25.9. The van der Waals surface area contributed by atoms with E-state index in [4.69, 9.17) is 14.7 Å². The fraction of sp³-hybridized carbons (Fsp3) is 0.400. The molecule has 3 amide bonds. The highest BCUT2D eigenvalue weighted by Crippen LogP contribution is 2.32. The van der Waals surface area contributed by atoms with Crippen LogP contribution in [0.25, 0.3) is 11.4 Å². The van der Waals surface area contributed by atoms with Gasteiger partial charge in [0, 0.05) is 41.5 Å². The van der Waals surface area contributed by atoms with Gasteiger partial charge in [-0.15, -0.1) is 11.3 Å². The van der Waals surface area contributed by atoms with Crippen LogP contribution in [-0.4, -0.2) is 68.2 Å². The third-order valence-corrected chi connectivity index (χ3v) is 7.39. The van der Waals surface area contributed by atoms with Gasteiger partial charge in [-0.2, -0.15) is 0 Å². The predicted molar refractivity (Wildman–Crippen MR) is 151 cm³/mol. The number of fused-ring (bicyclic) bond motifs is 1. The van der Waals surface area contributed by atoms with E-state index in [0.29, 0.717) is 49.2 Å². The smallest absolute Gasteiger partial charge is 0.320 e. The number of carbonyl (C=O) groups is 2. The number of aromatic nitrogens is 3. The molecule has 2 aromatic heterocycles. The molecule has 1 fully saturated rings. The molecule has 0 aliphatic carbocycles. The minimum Gasteiger partial charge on any atom is -0.377 e. The first kappa shape index (κ1) is 25.8. The number of nitrogens with zero attached hydrogens (tertiary/aromatic N) is 5. The zero-order valence-corrected chi connectivity index (χ0v) is 23.6. The Kier molecular flexibility index (Phi) is 7.86. The topological polar surface area (TPSA) is 113 Å². The summed E-state index contributed by atoms with van der Waals surface area (Å²) in [5.74, 6) is 1.43. The summed E-state index contributed by atoms with van der Waals surface area (Å²) in [7, 11) is 0. The fourth-order valence-corrected chi connectivity index (χ4v) is 5.39. The van der Waals surface area contributed by atoms with E-state index >= 15 is 0 Å². The van der Waals surface area contributed by atoms with Gasteiger partial charge in [0.25, 0.3) is 5.91 Å². The van der Waals surface area contributed by atoms with E-state index in [1.807, 2.05) is 41.5 Å². The van der Waals surface area contributed by atoms with Crippen LogP contribution in [0.3, 0.4) is 0 Å². The van der Waals surface area contributed by atoms with Gasteiger partial charge in [-0.25, -0.2) is 19.7 Å². The highest BCUT2D eigenvalue weighted by Gasteiger charge is 2.31. The SMILES string of the molecule is CC(I)NC(=O)Nc1ccc(-c2nc3c(c(N4CCOCC4C)n2)CCN(C(=O)c2nccs2)C3)cc1.